The van der Waals surface area contributed by atoms with Gasteiger partial charge in [0.1, 0.15) is 12.4 Å². The summed E-state index contributed by atoms with van der Waals surface area (Å²) < 4.78 is 10.6. The van der Waals surface area contributed by atoms with E-state index >= 15 is 0 Å². The van der Waals surface area contributed by atoms with Crippen LogP contribution in [-0.4, -0.2) is 25.5 Å². The summed E-state index contributed by atoms with van der Waals surface area (Å²) in [7, 11) is 1.51. The molecule has 24 heavy (non-hydrogen) atoms. The molecule has 2 rings (SSSR count). The highest BCUT2D eigenvalue weighted by molar-refractivity contribution is 5.95. The van der Waals surface area contributed by atoms with Gasteiger partial charge >= 0.3 is 0 Å². The molecule has 6 nitrogen and oxygen atoms in total. The molecule has 0 aliphatic carbocycles. The van der Waals surface area contributed by atoms with Gasteiger partial charge in [-0.3, -0.25) is 9.59 Å². The Balaban J connectivity index is 1.93. The summed E-state index contributed by atoms with van der Waals surface area (Å²) in [5, 5.41) is 5.38. The Morgan fingerprint density at radius 1 is 1.04 bits per heavy atom. The molecule has 2 N–H and O–H groups in total. The van der Waals surface area contributed by atoms with E-state index in [1.54, 1.807) is 18.2 Å². The van der Waals surface area contributed by atoms with Crippen molar-refractivity contribution in [2.45, 2.75) is 13.5 Å². The lowest BCUT2D eigenvalue weighted by atomic mass is 10.2. The van der Waals surface area contributed by atoms with Crippen LogP contribution in [0, 0.1) is 0 Å². The number of hydrogen-bond donors (Lipinski definition) is 2. The van der Waals surface area contributed by atoms with Crippen molar-refractivity contribution >= 4 is 23.2 Å². The van der Waals surface area contributed by atoms with Crippen LogP contribution in [0.2, 0.25) is 0 Å². The van der Waals surface area contributed by atoms with E-state index in [0.29, 0.717) is 23.7 Å². The molecule has 0 radical (unpaired) electrons. The Morgan fingerprint density at radius 2 is 1.79 bits per heavy atom. The van der Waals surface area contributed by atoms with E-state index in [9.17, 15) is 9.59 Å². The van der Waals surface area contributed by atoms with Gasteiger partial charge in [-0.1, -0.05) is 30.3 Å². The molecule has 2 aromatic rings. The van der Waals surface area contributed by atoms with Gasteiger partial charge in [0, 0.05) is 12.6 Å². The first kappa shape index (κ1) is 17.5. The fourth-order valence-electron chi connectivity index (χ4n) is 2.11. The van der Waals surface area contributed by atoms with Crippen LogP contribution < -0.4 is 15.4 Å². The van der Waals surface area contributed by atoms with Crippen LogP contribution in [0.25, 0.3) is 0 Å². The zero-order chi connectivity index (χ0) is 17.4. The lowest BCUT2D eigenvalue weighted by Gasteiger charge is -2.12. The van der Waals surface area contributed by atoms with Gasteiger partial charge in [0.25, 0.3) is 0 Å². The Labute approximate surface area is 140 Å². The average Bonchev–Trinajstić information content (AvgIpc) is 2.55. The largest absolute Gasteiger partial charge is 0.495 e. The molecule has 0 aliphatic rings. The Morgan fingerprint density at radius 3 is 2.46 bits per heavy atom. The first-order valence-electron chi connectivity index (χ1n) is 7.45. The molecule has 0 saturated heterocycles. The van der Waals surface area contributed by atoms with Gasteiger partial charge < -0.3 is 20.1 Å². The number of anilines is 2. The van der Waals surface area contributed by atoms with E-state index in [1.807, 2.05) is 30.3 Å². The lowest BCUT2D eigenvalue weighted by molar-refractivity contribution is -0.121. The monoisotopic (exact) mass is 328 g/mol. The Kier molecular flexibility index (Phi) is 6.33. The second-order valence-corrected chi connectivity index (χ2v) is 5.12. The van der Waals surface area contributed by atoms with Gasteiger partial charge in [-0.2, -0.15) is 0 Å². The SMILES string of the molecule is COc1ccc(NC(C)=O)cc1NC(=O)COCc1ccccc1. The number of hydrogen-bond acceptors (Lipinski definition) is 4. The van der Waals surface area contributed by atoms with Crippen molar-refractivity contribution in [3.63, 3.8) is 0 Å². The van der Waals surface area contributed by atoms with E-state index in [2.05, 4.69) is 10.6 Å². The van der Waals surface area contributed by atoms with Crippen LogP contribution in [0.5, 0.6) is 5.75 Å². The zero-order valence-electron chi connectivity index (χ0n) is 13.7. The number of ether oxygens (including phenoxy) is 2. The number of rotatable bonds is 7. The van der Waals surface area contributed by atoms with Gasteiger partial charge in [0.15, 0.2) is 0 Å². The summed E-state index contributed by atoms with van der Waals surface area (Å²) in [6.45, 7) is 1.69. The van der Waals surface area contributed by atoms with Gasteiger partial charge in [0.05, 0.1) is 19.4 Å². The van der Waals surface area contributed by atoms with Crippen molar-refractivity contribution in [1.29, 1.82) is 0 Å². The first-order valence-corrected chi connectivity index (χ1v) is 7.45. The minimum absolute atomic E-state index is 0.0809. The van der Waals surface area contributed by atoms with Crippen molar-refractivity contribution in [2.75, 3.05) is 24.4 Å². The number of carbonyl (C=O) groups is 2. The molecule has 2 amide bonds. The summed E-state index contributed by atoms with van der Waals surface area (Å²) in [6, 6.07) is 14.6. The van der Waals surface area contributed by atoms with Crippen LogP contribution >= 0.6 is 0 Å². The lowest BCUT2D eigenvalue weighted by Crippen LogP contribution is -2.19. The Bertz CT molecular complexity index is 701. The van der Waals surface area contributed by atoms with Crippen LogP contribution in [0.1, 0.15) is 12.5 Å². The number of methoxy groups -OCH3 is 1. The molecule has 0 saturated carbocycles. The van der Waals surface area contributed by atoms with Crippen molar-refractivity contribution in [1.82, 2.24) is 0 Å². The van der Waals surface area contributed by atoms with E-state index in [0.717, 1.165) is 5.56 Å². The minimum atomic E-state index is -0.302. The molecule has 6 heteroatoms. The molecule has 0 aliphatic heterocycles. The second-order valence-electron chi connectivity index (χ2n) is 5.12. The van der Waals surface area contributed by atoms with Gasteiger partial charge in [-0.15, -0.1) is 0 Å². The summed E-state index contributed by atoms with van der Waals surface area (Å²) in [5.74, 6) is 0.00774. The number of carbonyl (C=O) groups excluding carboxylic acids is 2. The van der Waals surface area contributed by atoms with Gasteiger partial charge in [-0.25, -0.2) is 0 Å². The predicted molar refractivity (Wildman–Crippen MR) is 92.0 cm³/mol. The van der Waals surface area contributed by atoms with Gasteiger partial charge in [-0.05, 0) is 23.8 Å². The van der Waals surface area contributed by atoms with Crippen LogP contribution in [-0.2, 0) is 20.9 Å². The van der Waals surface area contributed by atoms with E-state index in [-0.39, 0.29) is 18.4 Å². The third-order valence-corrected chi connectivity index (χ3v) is 3.14. The smallest absolute Gasteiger partial charge is 0.250 e. The highest BCUT2D eigenvalue weighted by atomic mass is 16.5. The molecular weight excluding hydrogens is 308 g/mol. The maximum atomic E-state index is 12.0. The molecule has 0 bridgehead atoms. The van der Waals surface area contributed by atoms with Crippen molar-refractivity contribution in [3.8, 4) is 5.75 Å². The minimum Gasteiger partial charge on any atom is -0.495 e. The highest BCUT2D eigenvalue weighted by Crippen LogP contribution is 2.27. The molecule has 2 aromatic carbocycles. The molecular formula is C18H20N2O4. The topological polar surface area (TPSA) is 76.7 Å². The summed E-state index contributed by atoms with van der Waals surface area (Å²) in [6.07, 6.45) is 0. The molecule has 0 heterocycles. The van der Waals surface area contributed by atoms with Crippen LogP contribution in [0.15, 0.2) is 48.5 Å². The van der Waals surface area contributed by atoms with Crippen molar-refractivity contribution < 1.29 is 19.1 Å². The van der Waals surface area contributed by atoms with Crippen LogP contribution in [0.3, 0.4) is 0 Å². The molecule has 126 valence electrons. The van der Waals surface area contributed by atoms with Gasteiger partial charge in [0.2, 0.25) is 11.8 Å². The fourth-order valence-corrected chi connectivity index (χ4v) is 2.11. The third-order valence-electron chi connectivity index (χ3n) is 3.14. The molecule has 0 atom stereocenters. The number of benzene rings is 2. The molecule has 0 spiro atoms. The summed E-state index contributed by atoms with van der Waals surface area (Å²) in [5.41, 5.74) is 2.04. The first-order chi connectivity index (χ1) is 11.6. The van der Waals surface area contributed by atoms with Crippen molar-refractivity contribution in [3.05, 3.63) is 54.1 Å². The summed E-state index contributed by atoms with van der Waals surface area (Å²) in [4.78, 5) is 23.2. The Hall–Kier alpha value is -2.86. The third kappa shape index (κ3) is 5.40. The highest BCUT2D eigenvalue weighted by Gasteiger charge is 2.09. The quantitative estimate of drug-likeness (QED) is 0.819. The van der Waals surface area contributed by atoms with Crippen LogP contribution in [0.4, 0.5) is 11.4 Å². The van der Waals surface area contributed by atoms with E-state index in [4.69, 9.17) is 9.47 Å². The van der Waals surface area contributed by atoms with Crippen molar-refractivity contribution in [2.24, 2.45) is 0 Å². The fraction of sp³-hybridized carbons (Fsp3) is 0.222. The zero-order valence-corrected chi connectivity index (χ0v) is 13.7. The number of nitrogens with one attached hydrogen (secondary N) is 2. The molecule has 0 unspecified atom stereocenters. The summed E-state index contributed by atoms with van der Waals surface area (Å²) >= 11 is 0. The number of amides is 2. The normalized spacial score (nSPS) is 10.1. The maximum absolute atomic E-state index is 12.0. The standard InChI is InChI=1S/C18H20N2O4/c1-13(21)19-15-8-9-17(23-2)16(10-15)20-18(22)12-24-11-14-6-4-3-5-7-14/h3-10H,11-12H2,1-2H3,(H,19,21)(H,20,22). The predicted octanol–water partition coefficient (Wildman–Crippen LogP) is 2.81. The molecule has 0 aromatic heterocycles. The maximum Gasteiger partial charge on any atom is 0.250 e. The van der Waals surface area contributed by atoms with E-state index < -0.39 is 0 Å². The molecule has 0 fully saturated rings. The van der Waals surface area contributed by atoms with E-state index in [1.165, 1.54) is 14.0 Å². The second kappa shape index (κ2) is 8.69. The average molecular weight is 328 g/mol.